The van der Waals surface area contributed by atoms with Crippen molar-refractivity contribution in [2.45, 2.75) is 26.3 Å². The second-order valence-electron chi connectivity index (χ2n) is 4.84. The van der Waals surface area contributed by atoms with E-state index >= 15 is 0 Å². The van der Waals surface area contributed by atoms with E-state index in [4.69, 9.17) is 10.5 Å². The fourth-order valence-corrected chi connectivity index (χ4v) is 2.09. The van der Waals surface area contributed by atoms with Gasteiger partial charge in [0.2, 0.25) is 0 Å². The predicted molar refractivity (Wildman–Crippen MR) is 74.6 cm³/mol. The van der Waals surface area contributed by atoms with Gasteiger partial charge in [0.1, 0.15) is 5.82 Å². The number of benzene rings is 1. The van der Waals surface area contributed by atoms with Gasteiger partial charge in [-0.15, -0.1) is 0 Å². The normalized spacial score (nSPS) is 11.8. The Morgan fingerprint density at radius 3 is 2.86 bits per heavy atom. The van der Waals surface area contributed by atoms with Gasteiger partial charge in [0.15, 0.2) is 0 Å². The van der Waals surface area contributed by atoms with Gasteiger partial charge in [0.05, 0.1) is 35.3 Å². The fraction of sp³-hybridized carbons (Fsp3) is 0.333. The van der Waals surface area contributed by atoms with E-state index in [1.807, 2.05) is 6.07 Å². The van der Waals surface area contributed by atoms with Gasteiger partial charge in [-0.2, -0.15) is 10.5 Å². The van der Waals surface area contributed by atoms with Gasteiger partial charge in [-0.3, -0.25) is 9.36 Å². The highest BCUT2D eigenvalue weighted by atomic mass is 19.1. The van der Waals surface area contributed by atoms with E-state index in [2.05, 4.69) is 11.1 Å². The first-order valence-corrected chi connectivity index (χ1v) is 6.48. The van der Waals surface area contributed by atoms with Crippen LogP contribution in [0.1, 0.15) is 18.4 Å². The van der Waals surface area contributed by atoms with Crippen molar-refractivity contribution in [2.24, 2.45) is 5.92 Å². The Labute approximate surface area is 120 Å². The molecule has 0 unspecified atom stereocenters. The van der Waals surface area contributed by atoms with Crippen LogP contribution in [0.15, 0.2) is 23.3 Å². The van der Waals surface area contributed by atoms with Crippen LogP contribution in [0.3, 0.4) is 0 Å². The molecule has 0 aliphatic rings. The van der Waals surface area contributed by atoms with Crippen molar-refractivity contribution in [3.05, 3.63) is 40.2 Å². The average Bonchev–Trinajstić information content (AvgIpc) is 2.48. The molecule has 0 fully saturated rings. The number of nitrogens with zero attached hydrogens (tertiary/aromatic N) is 4. The second-order valence-corrected chi connectivity index (χ2v) is 4.84. The average molecular weight is 284 g/mol. The van der Waals surface area contributed by atoms with Crippen LogP contribution in [-0.4, -0.2) is 9.55 Å². The number of nitriles is 2. The number of hydrogen-bond donors (Lipinski definition) is 0. The highest BCUT2D eigenvalue weighted by Crippen LogP contribution is 2.14. The molecule has 0 radical (unpaired) electrons. The topological polar surface area (TPSA) is 82.5 Å². The highest BCUT2D eigenvalue weighted by molar-refractivity contribution is 5.78. The summed E-state index contributed by atoms with van der Waals surface area (Å²) < 4.78 is 14.8. The molecule has 1 heterocycles. The number of fused-ring (bicyclic) bond motifs is 1. The lowest BCUT2D eigenvalue weighted by Crippen LogP contribution is -2.24. The summed E-state index contributed by atoms with van der Waals surface area (Å²) in [6, 6.07) is 6.76. The SMILES string of the molecule is Cc1cc2c(=O)n(C[C@H](C#N)CCC#N)cnc2cc1F. The molecule has 0 aliphatic heterocycles. The molecule has 0 spiro atoms. The molecule has 0 amide bonds. The van der Waals surface area contributed by atoms with Crippen molar-refractivity contribution in [3.63, 3.8) is 0 Å². The molecule has 21 heavy (non-hydrogen) atoms. The molecular weight excluding hydrogens is 271 g/mol. The summed E-state index contributed by atoms with van der Waals surface area (Å²) in [4.78, 5) is 16.4. The molecule has 0 aliphatic carbocycles. The molecule has 1 aromatic carbocycles. The van der Waals surface area contributed by atoms with Crippen molar-refractivity contribution < 1.29 is 4.39 Å². The summed E-state index contributed by atoms with van der Waals surface area (Å²) in [5, 5.41) is 17.9. The Kier molecular flexibility index (Phi) is 4.30. The fourth-order valence-electron chi connectivity index (χ4n) is 2.09. The van der Waals surface area contributed by atoms with Crippen molar-refractivity contribution >= 4 is 10.9 Å². The van der Waals surface area contributed by atoms with Crippen LogP contribution < -0.4 is 5.56 Å². The second kappa shape index (κ2) is 6.15. The molecule has 2 rings (SSSR count). The zero-order valence-corrected chi connectivity index (χ0v) is 11.5. The molecule has 0 bridgehead atoms. The molecule has 0 saturated heterocycles. The van der Waals surface area contributed by atoms with E-state index in [1.165, 1.54) is 23.0 Å². The largest absolute Gasteiger partial charge is 0.297 e. The van der Waals surface area contributed by atoms with Crippen molar-refractivity contribution in [1.82, 2.24) is 9.55 Å². The van der Waals surface area contributed by atoms with Crippen molar-refractivity contribution in [2.75, 3.05) is 0 Å². The highest BCUT2D eigenvalue weighted by Gasteiger charge is 2.12. The summed E-state index contributed by atoms with van der Waals surface area (Å²) in [5.74, 6) is -0.834. The Morgan fingerprint density at radius 1 is 1.43 bits per heavy atom. The lowest BCUT2D eigenvalue weighted by Gasteiger charge is -2.10. The standard InChI is InChI=1S/C15H13FN4O/c1-10-5-12-14(6-13(10)16)19-9-20(15(12)21)8-11(7-18)3-2-4-17/h5-6,9,11H,2-3,8H2,1H3/t11-/m0/s1. The van der Waals surface area contributed by atoms with E-state index in [1.54, 1.807) is 6.92 Å². The van der Waals surface area contributed by atoms with Gasteiger partial charge in [0, 0.05) is 19.0 Å². The minimum absolute atomic E-state index is 0.177. The summed E-state index contributed by atoms with van der Waals surface area (Å²) in [7, 11) is 0. The zero-order chi connectivity index (χ0) is 15.4. The first-order chi connectivity index (χ1) is 10.1. The van der Waals surface area contributed by atoms with E-state index < -0.39 is 11.7 Å². The third-order valence-corrected chi connectivity index (χ3v) is 3.31. The predicted octanol–water partition coefficient (Wildman–Crippen LogP) is 2.29. The number of hydrogen-bond acceptors (Lipinski definition) is 4. The lowest BCUT2D eigenvalue weighted by atomic mass is 10.1. The Morgan fingerprint density at radius 2 is 2.19 bits per heavy atom. The van der Waals surface area contributed by atoms with Crippen molar-refractivity contribution in [1.29, 1.82) is 10.5 Å². The number of halogens is 1. The molecule has 1 atom stereocenters. The maximum Gasteiger partial charge on any atom is 0.261 e. The minimum atomic E-state index is -0.428. The van der Waals surface area contributed by atoms with Crippen LogP contribution >= 0.6 is 0 Å². The Balaban J connectivity index is 2.40. The van der Waals surface area contributed by atoms with Gasteiger partial charge >= 0.3 is 0 Å². The third-order valence-electron chi connectivity index (χ3n) is 3.31. The van der Waals surface area contributed by atoms with Crippen LogP contribution in [0, 0.1) is 41.3 Å². The maximum absolute atomic E-state index is 13.5. The molecule has 5 nitrogen and oxygen atoms in total. The molecular formula is C15H13FN4O. The smallest absolute Gasteiger partial charge is 0.261 e. The van der Waals surface area contributed by atoms with Gasteiger partial charge in [-0.1, -0.05) is 0 Å². The number of aryl methyl sites for hydroxylation is 1. The van der Waals surface area contributed by atoms with Crippen LogP contribution in [0.25, 0.3) is 10.9 Å². The summed E-state index contributed by atoms with van der Waals surface area (Å²) in [6.45, 7) is 1.76. The first kappa shape index (κ1) is 14.7. The Hall–Kier alpha value is -2.73. The molecule has 6 heteroatoms. The number of rotatable bonds is 4. The van der Waals surface area contributed by atoms with Crippen molar-refractivity contribution in [3.8, 4) is 12.1 Å². The summed E-state index contributed by atoms with van der Waals surface area (Å²) >= 11 is 0. The molecule has 2 aromatic rings. The van der Waals surface area contributed by atoms with Gasteiger partial charge in [-0.25, -0.2) is 9.37 Å². The van der Waals surface area contributed by atoms with E-state index in [-0.39, 0.29) is 18.5 Å². The van der Waals surface area contributed by atoms with Crippen LogP contribution in [0.5, 0.6) is 0 Å². The van der Waals surface area contributed by atoms with Gasteiger partial charge < -0.3 is 0 Å². The molecule has 0 saturated carbocycles. The first-order valence-electron chi connectivity index (χ1n) is 6.48. The summed E-state index contributed by atoms with van der Waals surface area (Å²) in [5.41, 5.74) is 0.366. The van der Waals surface area contributed by atoms with Gasteiger partial charge in [0.25, 0.3) is 5.56 Å². The lowest BCUT2D eigenvalue weighted by molar-refractivity contribution is 0.498. The third kappa shape index (κ3) is 3.06. The quantitative estimate of drug-likeness (QED) is 0.862. The number of aromatic nitrogens is 2. The molecule has 106 valence electrons. The van der Waals surface area contributed by atoms with E-state index in [0.717, 1.165) is 0 Å². The molecule has 0 N–H and O–H groups in total. The minimum Gasteiger partial charge on any atom is -0.297 e. The van der Waals surface area contributed by atoms with Crippen LogP contribution in [0.4, 0.5) is 4.39 Å². The Bertz CT molecular complexity index is 813. The zero-order valence-electron chi connectivity index (χ0n) is 11.5. The van der Waals surface area contributed by atoms with E-state index in [0.29, 0.717) is 22.9 Å². The maximum atomic E-state index is 13.5. The monoisotopic (exact) mass is 284 g/mol. The summed E-state index contributed by atoms with van der Waals surface area (Å²) in [6.07, 6.45) is 1.98. The molecule has 1 aromatic heterocycles. The van der Waals surface area contributed by atoms with Crippen LogP contribution in [0.2, 0.25) is 0 Å². The van der Waals surface area contributed by atoms with Gasteiger partial charge in [-0.05, 0) is 25.0 Å². The van der Waals surface area contributed by atoms with Crippen LogP contribution in [-0.2, 0) is 6.54 Å². The van der Waals surface area contributed by atoms with E-state index in [9.17, 15) is 9.18 Å².